The number of methoxy groups -OCH3 is 1. The second-order valence-corrected chi connectivity index (χ2v) is 6.57. The van der Waals surface area contributed by atoms with Crippen LogP contribution in [0.1, 0.15) is 35.3 Å². The molecule has 1 aliphatic rings. The molecule has 0 saturated carbocycles. The first kappa shape index (κ1) is 19.5. The van der Waals surface area contributed by atoms with Crippen molar-refractivity contribution in [2.45, 2.75) is 32.9 Å². The molecule has 0 radical (unpaired) electrons. The van der Waals surface area contributed by atoms with Crippen LogP contribution in [0.5, 0.6) is 5.75 Å². The summed E-state index contributed by atoms with van der Waals surface area (Å²) in [6.45, 7) is 3.33. The third kappa shape index (κ3) is 4.19. The van der Waals surface area contributed by atoms with Crippen LogP contribution in [-0.2, 0) is 22.6 Å². The van der Waals surface area contributed by atoms with Gasteiger partial charge in [0.25, 0.3) is 5.91 Å². The van der Waals surface area contributed by atoms with Crippen LogP contribution in [0.3, 0.4) is 0 Å². The van der Waals surface area contributed by atoms with E-state index in [9.17, 15) is 14.0 Å². The van der Waals surface area contributed by atoms with Gasteiger partial charge in [-0.25, -0.2) is 4.39 Å². The summed E-state index contributed by atoms with van der Waals surface area (Å²) < 4.78 is 18.8. The number of rotatable bonds is 6. The summed E-state index contributed by atoms with van der Waals surface area (Å²) in [7, 11) is 1.53. The zero-order valence-electron chi connectivity index (χ0n) is 15.9. The van der Waals surface area contributed by atoms with Gasteiger partial charge in [-0.05, 0) is 49.7 Å². The van der Waals surface area contributed by atoms with Gasteiger partial charge in [-0.3, -0.25) is 14.5 Å². The van der Waals surface area contributed by atoms with Crippen molar-refractivity contribution in [1.29, 1.82) is 0 Å². The number of carbonyl (C=O) groups excluding carboxylic acids is 2. The van der Waals surface area contributed by atoms with Crippen LogP contribution in [0.25, 0.3) is 0 Å². The summed E-state index contributed by atoms with van der Waals surface area (Å²) in [4.78, 5) is 31.5. The molecule has 7 heteroatoms. The number of halogens is 1. The van der Waals surface area contributed by atoms with Crippen molar-refractivity contribution in [1.82, 2.24) is 4.90 Å². The highest BCUT2D eigenvalue weighted by molar-refractivity contribution is 6.00. The minimum atomic E-state index is -0.854. The molecule has 1 atom stereocenters. The monoisotopic (exact) mass is 384 g/mol. The lowest BCUT2D eigenvalue weighted by atomic mass is 10.0. The van der Waals surface area contributed by atoms with Gasteiger partial charge in [0.05, 0.1) is 13.7 Å². The first-order valence-corrected chi connectivity index (χ1v) is 8.83. The number of amides is 1. The molecule has 1 heterocycles. The van der Waals surface area contributed by atoms with E-state index in [1.165, 1.54) is 31.1 Å². The molecule has 146 valence electrons. The van der Waals surface area contributed by atoms with Crippen molar-refractivity contribution in [2.24, 2.45) is 5.16 Å². The van der Waals surface area contributed by atoms with Crippen LogP contribution in [0.4, 0.5) is 4.39 Å². The Balaban J connectivity index is 1.84. The molecule has 0 N–H and O–H groups in total. The zero-order chi connectivity index (χ0) is 20.3. The molecule has 6 nitrogen and oxygen atoms in total. The summed E-state index contributed by atoms with van der Waals surface area (Å²) in [5.74, 6) is 0.233. The molecule has 0 saturated heterocycles. The predicted octanol–water partition coefficient (Wildman–Crippen LogP) is 3.34. The van der Waals surface area contributed by atoms with E-state index < -0.39 is 6.10 Å². The Morgan fingerprint density at radius 2 is 2.07 bits per heavy atom. The molecule has 0 aliphatic carbocycles. The van der Waals surface area contributed by atoms with Crippen LogP contribution >= 0.6 is 0 Å². The zero-order valence-corrected chi connectivity index (χ0v) is 15.9. The third-order valence-electron chi connectivity index (χ3n) is 4.57. The molecule has 0 aromatic heterocycles. The Labute approximate surface area is 162 Å². The number of hydrogen-bond donors (Lipinski definition) is 0. The molecule has 2 aromatic carbocycles. The van der Waals surface area contributed by atoms with Crippen LogP contribution in [0.2, 0.25) is 0 Å². The van der Waals surface area contributed by atoms with Gasteiger partial charge in [-0.15, -0.1) is 0 Å². The van der Waals surface area contributed by atoms with E-state index in [0.29, 0.717) is 28.3 Å². The number of hydrogen-bond acceptors (Lipinski definition) is 5. The Morgan fingerprint density at radius 3 is 2.75 bits per heavy atom. The Kier molecular flexibility index (Phi) is 5.73. The molecule has 0 spiro atoms. The van der Waals surface area contributed by atoms with Crippen molar-refractivity contribution in [2.75, 3.05) is 7.11 Å². The number of oxime groups is 1. The summed E-state index contributed by atoms with van der Waals surface area (Å²) in [6.07, 6.45) is -0.651. The van der Waals surface area contributed by atoms with Crippen molar-refractivity contribution >= 4 is 17.5 Å². The molecular formula is C21H21FN2O4. The number of ketones is 1. The van der Waals surface area contributed by atoms with E-state index in [1.54, 1.807) is 37.3 Å². The fraction of sp³-hybridized carbons (Fsp3) is 0.286. The van der Waals surface area contributed by atoms with E-state index in [2.05, 4.69) is 5.16 Å². The molecule has 1 amide bonds. The van der Waals surface area contributed by atoms with Gasteiger partial charge in [-0.2, -0.15) is 0 Å². The minimum Gasteiger partial charge on any atom is -0.496 e. The highest BCUT2D eigenvalue weighted by atomic mass is 19.1. The van der Waals surface area contributed by atoms with Gasteiger partial charge in [0.2, 0.25) is 6.10 Å². The van der Waals surface area contributed by atoms with Gasteiger partial charge in [0.15, 0.2) is 5.78 Å². The van der Waals surface area contributed by atoms with E-state index in [4.69, 9.17) is 9.57 Å². The number of Topliss-reactive ketones (excluding diaryl/α,β-unsaturated/α-hetero) is 1. The largest absolute Gasteiger partial charge is 0.496 e. The van der Waals surface area contributed by atoms with E-state index in [1.807, 2.05) is 0 Å². The van der Waals surface area contributed by atoms with E-state index >= 15 is 0 Å². The number of ether oxygens (including phenoxy) is 1. The minimum absolute atomic E-state index is 0.0772. The SMILES string of the molecule is COc1ccc(C(C)=O)cc1CN1C(=O)C(Cc2cccc(F)c2)ON=C1C. The molecule has 28 heavy (non-hydrogen) atoms. The van der Waals surface area contributed by atoms with Crippen LogP contribution in [0.15, 0.2) is 47.6 Å². The fourth-order valence-electron chi connectivity index (χ4n) is 3.05. The number of carbonyl (C=O) groups is 2. The number of benzene rings is 2. The van der Waals surface area contributed by atoms with E-state index in [-0.39, 0.29) is 30.5 Å². The second-order valence-electron chi connectivity index (χ2n) is 6.57. The summed E-state index contributed by atoms with van der Waals surface area (Å²) >= 11 is 0. The molecule has 3 rings (SSSR count). The first-order chi connectivity index (χ1) is 13.4. The van der Waals surface area contributed by atoms with Crippen molar-refractivity contribution in [3.05, 3.63) is 65.0 Å². The summed E-state index contributed by atoms with van der Waals surface area (Å²) in [5, 5.41) is 3.99. The standard InChI is InChI=1S/C21H21FN2O4/c1-13(25)16-7-8-19(27-3)17(11-16)12-24-14(2)23-28-20(21(24)26)10-15-5-4-6-18(22)9-15/h4-9,11,20H,10,12H2,1-3H3. The van der Waals surface area contributed by atoms with Gasteiger partial charge >= 0.3 is 0 Å². The molecule has 1 aliphatic heterocycles. The van der Waals surface area contributed by atoms with Gasteiger partial charge < -0.3 is 9.57 Å². The van der Waals surface area contributed by atoms with Crippen LogP contribution in [0, 0.1) is 5.82 Å². The predicted molar refractivity (Wildman–Crippen MR) is 102 cm³/mol. The van der Waals surface area contributed by atoms with Gasteiger partial charge in [0.1, 0.15) is 17.4 Å². The van der Waals surface area contributed by atoms with Crippen molar-refractivity contribution in [3.8, 4) is 5.75 Å². The molecule has 0 fully saturated rings. The molecule has 1 unspecified atom stereocenters. The number of nitrogens with zero attached hydrogens (tertiary/aromatic N) is 2. The molecule has 2 aromatic rings. The third-order valence-corrected chi connectivity index (χ3v) is 4.57. The first-order valence-electron chi connectivity index (χ1n) is 8.83. The normalized spacial score (nSPS) is 16.4. The highest BCUT2D eigenvalue weighted by Crippen LogP contribution is 2.24. The maximum atomic E-state index is 13.4. The molecule has 0 bridgehead atoms. The average Bonchev–Trinajstić information content (AvgIpc) is 2.67. The number of amidine groups is 1. The quantitative estimate of drug-likeness (QED) is 0.717. The van der Waals surface area contributed by atoms with Crippen molar-refractivity contribution in [3.63, 3.8) is 0 Å². The summed E-state index contributed by atoms with van der Waals surface area (Å²) in [6, 6.07) is 11.1. The maximum Gasteiger partial charge on any atom is 0.272 e. The van der Waals surface area contributed by atoms with Crippen LogP contribution < -0.4 is 4.74 Å². The Hall–Kier alpha value is -3.22. The Bertz CT molecular complexity index is 942. The van der Waals surface area contributed by atoms with E-state index in [0.717, 1.165) is 0 Å². The van der Waals surface area contributed by atoms with Crippen LogP contribution in [-0.4, -0.2) is 35.6 Å². The lowest BCUT2D eigenvalue weighted by Gasteiger charge is -2.30. The lowest BCUT2D eigenvalue weighted by molar-refractivity contribution is -0.143. The molecular weight excluding hydrogens is 363 g/mol. The smallest absolute Gasteiger partial charge is 0.272 e. The summed E-state index contributed by atoms with van der Waals surface area (Å²) in [5.41, 5.74) is 1.86. The second kappa shape index (κ2) is 8.21. The Morgan fingerprint density at radius 1 is 1.29 bits per heavy atom. The van der Waals surface area contributed by atoms with Gasteiger partial charge in [-0.1, -0.05) is 17.3 Å². The average molecular weight is 384 g/mol. The maximum absolute atomic E-state index is 13.4. The fourth-order valence-corrected chi connectivity index (χ4v) is 3.05. The highest BCUT2D eigenvalue weighted by Gasteiger charge is 2.33. The van der Waals surface area contributed by atoms with Gasteiger partial charge in [0, 0.05) is 17.5 Å². The lowest BCUT2D eigenvalue weighted by Crippen LogP contribution is -2.46. The topological polar surface area (TPSA) is 68.2 Å². The van der Waals surface area contributed by atoms with Crippen molar-refractivity contribution < 1.29 is 23.6 Å².